The van der Waals surface area contributed by atoms with Gasteiger partial charge in [-0.3, -0.25) is 0 Å². The molecule has 0 amide bonds. The van der Waals surface area contributed by atoms with E-state index in [1.54, 1.807) is 13.0 Å². The zero-order valence-electron chi connectivity index (χ0n) is 7.90. The quantitative estimate of drug-likeness (QED) is 0.758. The molecular weight excluding hydrogens is 187 g/mol. The van der Waals surface area contributed by atoms with Crippen LogP contribution >= 0.6 is 0 Å². The van der Waals surface area contributed by atoms with Crippen LogP contribution in [0.1, 0.15) is 5.56 Å². The molecule has 0 aliphatic heterocycles. The Bertz CT molecular complexity index is 301. The summed E-state index contributed by atoms with van der Waals surface area (Å²) in [5, 5.41) is 17.5. The zero-order valence-corrected chi connectivity index (χ0v) is 7.90. The smallest absolute Gasteiger partial charge is 0.126 e. The third-order valence-electron chi connectivity index (χ3n) is 1.79. The minimum atomic E-state index is -0.933. The fraction of sp³-hybridized carbons (Fsp3) is 0.400. The van der Waals surface area contributed by atoms with E-state index in [0.717, 1.165) is 5.56 Å². The van der Waals surface area contributed by atoms with Gasteiger partial charge in [0, 0.05) is 6.07 Å². The highest BCUT2D eigenvalue weighted by Gasteiger charge is 2.05. The Hall–Kier alpha value is -1.13. The first-order valence-electron chi connectivity index (χ1n) is 4.31. The fourth-order valence-corrected chi connectivity index (χ4v) is 0.968. The molecule has 1 atom stereocenters. The largest absolute Gasteiger partial charge is 0.490 e. The van der Waals surface area contributed by atoms with Crippen molar-refractivity contribution in [2.75, 3.05) is 13.2 Å². The first-order valence-corrected chi connectivity index (χ1v) is 4.31. The van der Waals surface area contributed by atoms with Gasteiger partial charge >= 0.3 is 0 Å². The number of rotatable bonds is 4. The SMILES string of the molecule is Cc1ccc(F)cc1OCC(O)CO. The number of hydrogen-bond acceptors (Lipinski definition) is 3. The van der Waals surface area contributed by atoms with Crippen molar-refractivity contribution >= 4 is 0 Å². The average molecular weight is 200 g/mol. The van der Waals surface area contributed by atoms with Crippen molar-refractivity contribution < 1.29 is 19.3 Å². The Kier molecular flexibility index (Phi) is 3.85. The maximum Gasteiger partial charge on any atom is 0.126 e. The highest BCUT2D eigenvalue weighted by atomic mass is 19.1. The Morgan fingerprint density at radius 3 is 2.86 bits per heavy atom. The summed E-state index contributed by atoms with van der Waals surface area (Å²) in [6.45, 7) is 1.37. The van der Waals surface area contributed by atoms with Crippen molar-refractivity contribution in [2.24, 2.45) is 0 Å². The van der Waals surface area contributed by atoms with Gasteiger partial charge in [0.15, 0.2) is 0 Å². The fourth-order valence-electron chi connectivity index (χ4n) is 0.968. The van der Waals surface area contributed by atoms with Crippen LogP contribution in [0.5, 0.6) is 5.75 Å². The van der Waals surface area contributed by atoms with Crippen LogP contribution in [0.2, 0.25) is 0 Å². The molecule has 0 saturated heterocycles. The van der Waals surface area contributed by atoms with Crippen molar-refractivity contribution in [3.63, 3.8) is 0 Å². The van der Waals surface area contributed by atoms with E-state index in [0.29, 0.717) is 5.75 Å². The van der Waals surface area contributed by atoms with Crippen LogP contribution in [0.3, 0.4) is 0 Å². The molecule has 0 saturated carbocycles. The number of hydrogen-bond donors (Lipinski definition) is 2. The summed E-state index contributed by atoms with van der Waals surface area (Å²) in [5.74, 6) is 0.00147. The Morgan fingerprint density at radius 1 is 1.50 bits per heavy atom. The maximum atomic E-state index is 12.8. The van der Waals surface area contributed by atoms with E-state index in [4.69, 9.17) is 14.9 Å². The first-order chi connectivity index (χ1) is 6.63. The van der Waals surface area contributed by atoms with Gasteiger partial charge < -0.3 is 14.9 Å². The molecule has 1 unspecified atom stereocenters. The van der Waals surface area contributed by atoms with Gasteiger partial charge in [-0.15, -0.1) is 0 Å². The minimum absolute atomic E-state index is 0.0409. The topological polar surface area (TPSA) is 49.7 Å². The molecule has 3 nitrogen and oxygen atoms in total. The highest BCUT2D eigenvalue weighted by molar-refractivity contribution is 5.32. The van der Waals surface area contributed by atoms with Gasteiger partial charge in [-0.1, -0.05) is 6.07 Å². The summed E-state index contributed by atoms with van der Waals surface area (Å²) in [6.07, 6.45) is -0.933. The highest BCUT2D eigenvalue weighted by Crippen LogP contribution is 2.18. The molecule has 2 N–H and O–H groups in total. The lowest BCUT2D eigenvalue weighted by Gasteiger charge is -2.11. The Labute approximate surface area is 81.8 Å². The van der Waals surface area contributed by atoms with Gasteiger partial charge in [0.25, 0.3) is 0 Å². The molecule has 1 aromatic carbocycles. The Morgan fingerprint density at radius 2 is 2.21 bits per heavy atom. The van der Waals surface area contributed by atoms with Crippen LogP contribution in [0.25, 0.3) is 0 Å². The summed E-state index contributed by atoms with van der Waals surface area (Å²) in [7, 11) is 0. The van der Waals surface area contributed by atoms with E-state index < -0.39 is 6.10 Å². The van der Waals surface area contributed by atoms with Gasteiger partial charge in [0.05, 0.1) is 6.61 Å². The summed E-state index contributed by atoms with van der Waals surface area (Å²) in [5.41, 5.74) is 0.788. The average Bonchev–Trinajstić information content (AvgIpc) is 2.19. The Balaban J connectivity index is 2.62. The molecule has 0 heterocycles. The summed E-state index contributed by atoms with van der Waals surface area (Å²) in [6, 6.07) is 4.18. The predicted molar refractivity (Wildman–Crippen MR) is 49.7 cm³/mol. The van der Waals surface area contributed by atoms with E-state index in [2.05, 4.69) is 0 Å². The molecule has 0 bridgehead atoms. The first kappa shape index (κ1) is 10.9. The van der Waals surface area contributed by atoms with Crippen LogP contribution in [0.15, 0.2) is 18.2 Å². The normalized spacial score (nSPS) is 12.6. The van der Waals surface area contributed by atoms with Crippen LogP contribution < -0.4 is 4.74 Å². The molecule has 0 spiro atoms. The second-order valence-corrected chi connectivity index (χ2v) is 3.06. The van der Waals surface area contributed by atoms with Crippen LogP contribution in [0, 0.1) is 12.7 Å². The lowest BCUT2D eigenvalue weighted by Crippen LogP contribution is -2.21. The van der Waals surface area contributed by atoms with E-state index >= 15 is 0 Å². The lowest BCUT2D eigenvalue weighted by atomic mass is 10.2. The molecule has 0 fully saturated rings. The van der Waals surface area contributed by atoms with Crippen LogP contribution in [-0.4, -0.2) is 29.5 Å². The van der Waals surface area contributed by atoms with Gasteiger partial charge in [-0.2, -0.15) is 0 Å². The summed E-state index contributed by atoms with van der Waals surface area (Å²) < 4.78 is 17.9. The number of aliphatic hydroxyl groups excluding tert-OH is 2. The van der Waals surface area contributed by atoms with E-state index in [9.17, 15) is 4.39 Å². The molecule has 14 heavy (non-hydrogen) atoms. The van der Waals surface area contributed by atoms with Crippen molar-refractivity contribution in [3.8, 4) is 5.75 Å². The van der Waals surface area contributed by atoms with Crippen LogP contribution in [-0.2, 0) is 0 Å². The van der Waals surface area contributed by atoms with Crippen molar-refractivity contribution in [1.82, 2.24) is 0 Å². The summed E-state index contributed by atoms with van der Waals surface area (Å²) >= 11 is 0. The van der Waals surface area contributed by atoms with Gasteiger partial charge in [-0.25, -0.2) is 4.39 Å². The third-order valence-corrected chi connectivity index (χ3v) is 1.79. The maximum absolute atomic E-state index is 12.8. The standard InChI is InChI=1S/C10H13FO3/c1-7-2-3-8(11)4-10(7)14-6-9(13)5-12/h2-4,9,12-13H,5-6H2,1H3. The molecule has 1 aromatic rings. The molecule has 0 radical (unpaired) electrons. The molecular formula is C10H13FO3. The minimum Gasteiger partial charge on any atom is -0.490 e. The van der Waals surface area contributed by atoms with E-state index in [-0.39, 0.29) is 19.0 Å². The van der Waals surface area contributed by atoms with E-state index in [1.165, 1.54) is 12.1 Å². The second-order valence-electron chi connectivity index (χ2n) is 3.06. The third kappa shape index (κ3) is 2.97. The van der Waals surface area contributed by atoms with Gasteiger partial charge in [0.1, 0.15) is 24.3 Å². The molecule has 0 aliphatic carbocycles. The number of aryl methyl sites for hydroxylation is 1. The number of aliphatic hydroxyl groups is 2. The zero-order chi connectivity index (χ0) is 10.6. The number of halogens is 1. The van der Waals surface area contributed by atoms with Crippen molar-refractivity contribution in [1.29, 1.82) is 0 Å². The monoisotopic (exact) mass is 200 g/mol. The molecule has 1 rings (SSSR count). The molecule has 78 valence electrons. The van der Waals surface area contributed by atoms with E-state index in [1.807, 2.05) is 0 Å². The number of ether oxygens (including phenoxy) is 1. The number of benzene rings is 1. The van der Waals surface area contributed by atoms with Gasteiger partial charge in [0.2, 0.25) is 0 Å². The lowest BCUT2D eigenvalue weighted by molar-refractivity contribution is 0.0533. The van der Waals surface area contributed by atoms with Crippen molar-refractivity contribution in [2.45, 2.75) is 13.0 Å². The second kappa shape index (κ2) is 4.93. The predicted octanol–water partition coefficient (Wildman–Crippen LogP) is 0.866. The van der Waals surface area contributed by atoms with Gasteiger partial charge in [-0.05, 0) is 18.6 Å². The van der Waals surface area contributed by atoms with Crippen LogP contribution in [0.4, 0.5) is 4.39 Å². The molecule has 0 aliphatic rings. The summed E-state index contributed by atoms with van der Waals surface area (Å²) in [4.78, 5) is 0. The molecule has 0 aromatic heterocycles. The van der Waals surface area contributed by atoms with Crippen molar-refractivity contribution in [3.05, 3.63) is 29.6 Å². The molecule has 4 heteroatoms.